The molecule has 0 spiro atoms. The molecule has 1 atom stereocenters. The Balaban J connectivity index is 1.89. The van der Waals surface area contributed by atoms with Gasteiger partial charge in [-0.05, 0) is 43.2 Å². The van der Waals surface area contributed by atoms with Crippen LogP contribution in [-0.4, -0.2) is 11.9 Å². The minimum atomic E-state index is -1.31. The van der Waals surface area contributed by atoms with E-state index in [4.69, 9.17) is 4.74 Å². The molecule has 3 aromatic carbocycles. The molecule has 0 fully saturated rings. The molecule has 29 heavy (non-hydrogen) atoms. The molecule has 0 saturated heterocycles. The molecule has 0 aromatic heterocycles. The quantitative estimate of drug-likeness (QED) is 0.610. The molecule has 0 bridgehead atoms. The van der Waals surface area contributed by atoms with E-state index in [0.29, 0.717) is 17.3 Å². The fourth-order valence-electron chi connectivity index (χ4n) is 2.80. The number of rotatable bonds is 5. The first-order chi connectivity index (χ1) is 13.8. The van der Waals surface area contributed by atoms with Crippen LogP contribution in [0, 0.1) is 25.5 Å². The summed E-state index contributed by atoms with van der Waals surface area (Å²) >= 11 is 0. The van der Waals surface area contributed by atoms with Gasteiger partial charge < -0.3 is 10.1 Å². The summed E-state index contributed by atoms with van der Waals surface area (Å²) < 4.78 is 32.4. The zero-order valence-electron chi connectivity index (χ0n) is 15.9. The van der Waals surface area contributed by atoms with E-state index in [-0.39, 0.29) is 0 Å². The van der Waals surface area contributed by atoms with Crippen molar-refractivity contribution in [1.29, 1.82) is 0 Å². The predicted octanol–water partition coefficient (Wildman–Crippen LogP) is 5.12. The lowest BCUT2D eigenvalue weighted by atomic mass is 10.1. The van der Waals surface area contributed by atoms with Gasteiger partial charge in [0.2, 0.25) is 6.10 Å². The van der Waals surface area contributed by atoms with E-state index in [1.165, 1.54) is 0 Å². The number of halogens is 2. The van der Waals surface area contributed by atoms with Crippen LogP contribution in [0.4, 0.5) is 14.5 Å². The van der Waals surface area contributed by atoms with E-state index >= 15 is 0 Å². The number of ether oxygens (including phenoxy) is 1. The molecule has 0 saturated carbocycles. The summed E-state index contributed by atoms with van der Waals surface area (Å²) in [5.74, 6) is -3.52. The fourth-order valence-corrected chi connectivity index (χ4v) is 2.80. The molecular formula is C23H19F2NO3. The number of hydrogen-bond acceptors (Lipinski definition) is 3. The Kier molecular flexibility index (Phi) is 6.02. The van der Waals surface area contributed by atoms with Crippen LogP contribution in [-0.2, 0) is 9.53 Å². The summed E-state index contributed by atoms with van der Waals surface area (Å²) in [6.45, 7) is 3.73. The van der Waals surface area contributed by atoms with Crippen LogP contribution in [0.25, 0.3) is 0 Å². The number of amides is 1. The molecule has 0 aliphatic heterocycles. The zero-order chi connectivity index (χ0) is 21.0. The van der Waals surface area contributed by atoms with E-state index in [1.807, 2.05) is 26.0 Å². The molecule has 4 nitrogen and oxygen atoms in total. The van der Waals surface area contributed by atoms with Crippen LogP contribution in [0.5, 0.6) is 0 Å². The van der Waals surface area contributed by atoms with Crippen molar-refractivity contribution >= 4 is 17.6 Å². The second-order valence-electron chi connectivity index (χ2n) is 6.63. The number of benzene rings is 3. The Bertz CT molecular complexity index is 1050. The Labute approximate surface area is 167 Å². The van der Waals surface area contributed by atoms with Crippen LogP contribution in [0.15, 0.2) is 66.7 Å². The molecule has 1 amide bonds. The number of carbonyl (C=O) groups excluding carboxylic acids is 2. The summed E-state index contributed by atoms with van der Waals surface area (Å²) in [5.41, 5.74) is 2.34. The molecule has 1 N–H and O–H groups in total. The van der Waals surface area contributed by atoms with Crippen LogP contribution >= 0.6 is 0 Å². The largest absolute Gasteiger partial charge is 0.444 e. The van der Waals surface area contributed by atoms with Gasteiger partial charge in [0, 0.05) is 17.3 Å². The third-order valence-electron chi connectivity index (χ3n) is 4.37. The molecule has 148 valence electrons. The third-order valence-corrected chi connectivity index (χ3v) is 4.37. The average Bonchev–Trinajstić information content (AvgIpc) is 2.69. The summed E-state index contributed by atoms with van der Waals surface area (Å²) in [4.78, 5) is 25.4. The maximum atomic E-state index is 14.0. The van der Waals surface area contributed by atoms with Crippen molar-refractivity contribution in [2.75, 3.05) is 5.32 Å². The molecule has 0 unspecified atom stereocenters. The Morgan fingerprint density at radius 2 is 1.66 bits per heavy atom. The number of hydrogen-bond donors (Lipinski definition) is 1. The lowest BCUT2D eigenvalue weighted by Crippen LogP contribution is -2.26. The van der Waals surface area contributed by atoms with E-state index < -0.39 is 35.2 Å². The lowest BCUT2D eigenvalue weighted by Gasteiger charge is -2.19. The van der Waals surface area contributed by atoms with Crippen molar-refractivity contribution < 1.29 is 23.1 Å². The maximum Gasteiger partial charge on any atom is 0.342 e. The SMILES string of the molecule is Cc1ccc(C)c(NC(=O)[C@@H](OC(=O)c2ccc(F)cc2F)c2ccccc2)c1. The van der Waals surface area contributed by atoms with Crippen molar-refractivity contribution in [1.82, 2.24) is 0 Å². The Hall–Kier alpha value is -3.54. The van der Waals surface area contributed by atoms with E-state index in [1.54, 1.807) is 36.4 Å². The van der Waals surface area contributed by atoms with Crippen LogP contribution in [0.1, 0.15) is 33.2 Å². The van der Waals surface area contributed by atoms with Crippen LogP contribution in [0.2, 0.25) is 0 Å². The minimum absolute atomic E-state index is 0.422. The predicted molar refractivity (Wildman–Crippen MR) is 106 cm³/mol. The lowest BCUT2D eigenvalue weighted by molar-refractivity contribution is -0.125. The van der Waals surface area contributed by atoms with E-state index in [0.717, 1.165) is 23.3 Å². The second-order valence-corrected chi connectivity index (χ2v) is 6.63. The van der Waals surface area contributed by atoms with Crippen molar-refractivity contribution in [3.63, 3.8) is 0 Å². The van der Waals surface area contributed by atoms with Gasteiger partial charge in [-0.25, -0.2) is 13.6 Å². The van der Waals surface area contributed by atoms with Gasteiger partial charge >= 0.3 is 5.97 Å². The van der Waals surface area contributed by atoms with Gasteiger partial charge in [0.1, 0.15) is 11.6 Å². The fraction of sp³-hybridized carbons (Fsp3) is 0.130. The van der Waals surface area contributed by atoms with Crippen molar-refractivity contribution in [2.45, 2.75) is 20.0 Å². The smallest absolute Gasteiger partial charge is 0.342 e. The van der Waals surface area contributed by atoms with Gasteiger partial charge in [-0.1, -0.05) is 42.5 Å². The minimum Gasteiger partial charge on any atom is -0.444 e. The Morgan fingerprint density at radius 3 is 2.34 bits per heavy atom. The number of nitrogens with one attached hydrogen (secondary N) is 1. The summed E-state index contributed by atoms with van der Waals surface area (Å²) in [5, 5.41) is 2.76. The highest BCUT2D eigenvalue weighted by atomic mass is 19.1. The molecular weight excluding hydrogens is 376 g/mol. The summed E-state index contributed by atoms with van der Waals surface area (Å²) in [6.07, 6.45) is -1.31. The monoisotopic (exact) mass is 395 g/mol. The normalized spacial score (nSPS) is 11.6. The average molecular weight is 395 g/mol. The highest BCUT2D eigenvalue weighted by molar-refractivity contribution is 5.98. The number of esters is 1. The number of anilines is 1. The standard InChI is InChI=1S/C23H19F2NO3/c1-14-8-9-15(2)20(12-14)26-22(27)21(16-6-4-3-5-7-16)29-23(28)18-11-10-17(24)13-19(18)25/h3-13,21H,1-2H3,(H,26,27)/t21-/m0/s1. The first-order valence-corrected chi connectivity index (χ1v) is 8.94. The van der Waals surface area contributed by atoms with E-state index in [2.05, 4.69) is 5.32 Å². The molecule has 3 aromatic rings. The first kappa shape index (κ1) is 20.2. The zero-order valence-corrected chi connectivity index (χ0v) is 15.9. The highest BCUT2D eigenvalue weighted by Crippen LogP contribution is 2.24. The van der Waals surface area contributed by atoms with Gasteiger partial charge in [-0.2, -0.15) is 0 Å². The summed E-state index contributed by atoms with van der Waals surface area (Å²) in [7, 11) is 0. The number of carbonyl (C=O) groups is 2. The Morgan fingerprint density at radius 1 is 0.931 bits per heavy atom. The molecule has 3 rings (SSSR count). The van der Waals surface area contributed by atoms with Gasteiger partial charge in [-0.3, -0.25) is 4.79 Å². The van der Waals surface area contributed by atoms with Gasteiger partial charge in [0.05, 0.1) is 5.56 Å². The van der Waals surface area contributed by atoms with Crippen molar-refractivity contribution in [3.05, 3.63) is 101 Å². The third kappa shape index (κ3) is 4.85. The maximum absolute atomic E-state index is 14.0. The van der Waals surface area contributed by atoms with Gasteiger partial charge in [-0.15, -0.1) is 0 Å². The van der Waals surface area contributed by atoms with Gasteiger partial charge in [0.15, 0.2) is 0 Å². The van der Waals surface area contributed by atoms with E-state index in [9.17, 15) is 18.4 Å². The van der Waals surface area contributed by atoms with Crippen LogP contribution < -0.4 is 5.32 Å². The van der Waals surface area contributed by atoms with Crippen molar-refractivity contribution in [3.8, 4) is 0 Å². The van der Waals surface area contributed by atoms with Crippen LogP contribution in [0.3, 0.4) is 0 Å². The molecule has 0 heterocycles. The summed E-state index contributed by atoms with van der Waals surface area (Å²) in [6, 6.07) is 16.5. The van der Waals surface area contributed by atoms with Gasteiger partial charge in [0.25, 0.3) is 5.91 Å². The number of aryl methyl sites for hydroxylation is 2. The molecule has 0 aliphatic rings. The first-order valence-electron chi connectivity index (χ1n) is 8.94. The topological polar surface area (TPSA) is 55.4 Å². The highest BCUT2D eigenvalue weighted by Gasteiger charge is 2.27. The second kappa shape index (κ2) is 8.65. The molecule has 0 radical (unpaired) electrons. The van der Waals surface area contributed by atoms with Crippen molar-refractivity contribution in [2.24, 2.45) is 0 Å². The molecule has 6 heteroatoms. The molecule has 0 aliphatic carbocycles.